The predicted octanol–water partition coefficient (Wildman–Crippen LogP) is 3.40. The Kier molecular flexibility index (Phi) is 3.67. The van der Waals surface area contributed by atoms with Crippen LogP contribution in [0.2, 0.25) is 0 Å². The first-order valence-electron chi connectivity index (χ1n) is 6.39. The summed E-state index contributed by atoms with van der Waals surface area (Å²) in [6.45, 7) is 2.27. The third-order valence-corrected chi connectivity index (χ3v) is 3.93. The highest BCUT2D eigenvalue weighted by Crippen LogP contribution is 2.39. The van der Waals surface area contributed by atoms with Crippen molar-refractivity contribution in [3.05, 3.63) is 29.8 Å². The van der Waals surface area contributed by atoms with E-state index < -0.39 is 23.1 Å². The molecule has 110 valence electrons. The third kappa shape index (κ3) is 2.73. The monoisotopic (exact) mass is 287 g/mol. The van der Waals surface area contributed by atoms with E-state index in [1.165, 1.54) is 12.1 Å². The highest BCUT2D eigenvalue weighted by molar-refractivity contribution is 5.74. The molecule has 1 N–H and O–H groups in total. The third-order valence-electron chi connectivity index (χ3n) is 3.93. The molecule has 0 saturated carbocycles. The minimum absolute atomic E-state index is 0.132. The van der Waals surface area contributed by atoms with E-state index >= 15 is 0 Å². The molecule has 0 amide bonds. The molecule has 1 aromatic carbocycles. The molecular formula is C14H16F3NO2. The van der Waals surface area contributed by atoms with Crippen LogP contribution < -0.4 is 4.90 Å². The molecule has 1 saturated heterocycles. The summed E-state index contributed by atoms with van der Waals surface area (Å²) in [7, 11) is 0. The Bertz CT molecular complexity index is 505. The van der Waals surface area contributed by atoms with Gasteiger partial charge < -0.3 is 10.0 Å². The molecule has 2 rings (SSSR count). The zero-order valence-electron chi connectivity index (χ0n) is 11.1. The Morgan fingerprint density at radius 2 is 1.80 bits per heavy atom. The van der Waals surface area contributed by atoms with E-state index in [0.29, 0.717) is 25.9 Å². The summed E-state index contributed by atoms with van der Waals surface area (Å²) in [6.07, 6.45) is -3.72. The molecule has 20 heavy (non-hydrogen) atoms. The number of halogens is 3. The molecule has 0 aromatic heterocycles. The van der Waals surface area contributed by atoms with Gasteiger partial charge in [-0.3, -0.25) is 4.79 Å². The van der Waals surface area contributed by atoms with Crippen LogP contribution in [0.4, 0.5) is 18.9 Å². The van der Waals surface area contributed by atoms with E-state index in [1.54, 1.807) is 17.9 Å². The lowest BCUT2D eigenvalue weighted by Gasteiger charge is -2.38. The number of rotatable bonds is 2. The van der Waals surface area contributed by atoms with Crippen LogP contribution in [0.3, 0.4) is 0 Å². The van der Waals surface area contributed by atoms with Crippen molar-refractivity contribution in [2.75, 3.05) is 18.0 Å². The maximum absolute atomic E-state index is 13.0. The number of nitrogens with zero attached hydrogens (tertiary/aromatic N) is 1. The van der Waals surface area contributed by atoms with Gasteiger partial charge in [0.15, 0.2) is 0 Å². The van der Waals surface area contributed by atoms with Crippen LogP contribution in [0.25, 0.3) is 0 Å². The first kappa shape index (κ1) is 14.7. The van der Waals surface area contributed by atoms with Gasteiger partial charge in [-0.2, -0.15) is 13.2 Å². The van der Waals surface area contributed by atoms with Crippen LogP contribution in [0.5, 0.6) is 0 Å². The van der Waals surface area contributed by atoms with Gasteiger partial charge in [-0.25, -0.2) is 0 Å². The van der Waals surface area contributed by atoms with Gasteiger partial charge in [0.25, 0.3) is 0 Å². The topological polar surface area (TPSA) is 40.5 Å². The first-order chi connectivity index (χ1) is 9.24. The molecule has 0 aliphatic carbocycles. The maximum Gasteiger partial charge on any atom is 0.418 e. The number of alkyl halides is 3. The molecular weight excluding hydrogens is 271 g/mol. The molecule has 3 nitrogen and oxygen atoms in total. The van der Waals surface area contributed by atoms with Gasteiger partial charge in [-0.05, 0) is 31.9 Å². The van der Waals surface area contributed by atoms with Gasteiger partial charge in [-0.1, -0.05) is 12.1 Å². The lowest BCUT2D eigenvalue weighted by molar-refractivity contribution is -0.149. The fraction of sp³-hybridized carbons (Fsp3) is 0.500. The minimum atomic E-state index is -4.40. The molecule has 0 atom stereocenters. The van der Waals surface area contributed by atoms with Crippen LogP contribution in [0.15, 0.2) is 24.3 Å². The van der Waals surface area contributed by atoms with E-state index in [9.17, 15) is 18.0 Å². The van der Waals surface area contributed by atoms with Crippen LogP contribution in [0.1, 0.15) is 25.3 Å². The van der Waals surface area contributed by atoms with Gasteiger partial charge >= 0.3 is 12.1 Å². The molecule has 1 aliphatic rings. The molecule has 0 bridgehead atoms. The molecule has 0 radical (unpaired) electrons. The van der Waals surface area contributed by atoms with E-state index in [4.69, 9.17) is 5.11 Å². The highest BCUT2D eigenvalue weighted by atomic mass is 19.4. The van der Waals surface area contributed by atoms with Crippen molar-refractivity contribution < 1.29 is 23.1 Å². The van der Waals surface area contributed by atoms with Gasteiger partial charge in [-0.15, -0.1) is 0 Å². The summed E-state index contributed by atoms with van der Waals surface area (Å²) in [5.41, 5.74) is -1.38. The summed E-state index contributed by atoms with van der Waals surface area (Å²) in [5.74, 6) is -0.888. The normalized spacial score (nSPS) is 18.9. The number of benzene rings is 1. The Hall–Kier alpha value is -1.72. The van der Waals surface area contributed by atoms with Crippen LogP contribution >= 0.6 is 0 Å². The summed E-state index contributed by atoms with van der Waals surface area (Å²) in [6, 6.07) is 5.42. The number of carboxylic acids is 1. The van der Waals surface area contributed by atoms with Gasteiger partial charge in [0.05, 0.1) is 11.0 Å². The van der Waals surface area contributed by atoms with Crippen molar-refractivity contribution in [2.24, 2.45) is 5.41 Å². The number of carboxylic acid groups (broad SMARTS) is 1. The lowest BCUT2D eigenvalue weighted by Crippen LogP contribution is -2.43. The van der Waals surface area contributed by atoms with Gasteiger partial charge in [0.1, 0.15) is 0 Å². The number of hydrogen-bond acceptors (Lipinski definition) is 2. The van der Waals surface area contributed by atoms with Crippen molar-refractivity contribution in [1.82, 2.24) is 0 Å². The molecule has 6 heteroatoms. The number of piperidine rings is 1. The van der Waals surface area contributed by atoms with E-state index in [0.717, 1.165) is 6.07 Å². The molecule has 1 aliphatic heterocycles. The van der Waals surface area contributed by atoms with Crippen molar-refractivity contribution in [1.29, 1.82) is 0 Å². The molecule has 1 aromatic rings. The average molecular weight is 287 g/mol. The highest BCUT2D eigenvalue weighted by Gasteiger charge is 2.39. The number of hydrogen-bond donors (Lipinski definition) is 1. The number of carbonyl (C=O) groups is 1. The second-order valence-electron chi connectivity index (χ2n) is 5.37. The van der Waals surface area contributed by atoms with E-state index in [2.05, 4.69) is 0 Å². The van der Waals surface area contributed by atoms with Crippen molar-refractivity contribution >= 4 is 11.7 Å². The molecule has 1 heterocycles. The van der Waals surface area contributed by atoms with Crippen molar-refractivity contribution in [2.45, 2.75) is 25.9 Å². The van der Waals surface area contributed by atoms with E-state index in [1.807, 2.05) is 0 Å². The average Bonchev–Trinajstić information content (AvgIpc) is 2.38. The van der Waals surface area contributed by atoms with Gasteiger partial charge in [0, 0.05) is 18.8 Å². The van der Waals surface area contributed by atoms with Crippen LogP contribution in [-0.4, -0.2) is 24.2 Å². The van der Waals surface area contributed by atoms with Gasteiger partial charge in [0.2, 0.25) is 0 Å². The van der Waals surface area contributed by atoms with E-state index in [-0.39, 0.29) is 5.69 Å². The number of anilines is 1. The molecule has 0 spiro atoms. The van der Waals surface area contributed by atoms with Crippen LogP contribution in [-0.2, 0) is 11.0 Å². The van der Waals surface area contributed by atoms with Crippen molar-refractivity contribution in [3.8, 4) is 0 Å². The summed E-state index contributed by atoms with van der Waals surface area (Å²) >= 11 is 0. The zero-order valence-corrected chi connectivity index (χ0v) is 11.1. The summed E-state index contributed by atoms with van der Waals surface area (Å²) in [5, 5.41) is 9.14. The molecule has 0 unspecified atom stereocenters. The fourth-order valence-electron chi connectivity index (χ4n) is 2.44. The number of para-hydroxylation sites is 1. The Morgan fingerprint density at radius 3 is 2.30 bits per heavy atom. The Labute approximate surface area is 115 Å². The number of aliphatic carboxylic acids is 1. The Balaban J connectivity index is 2.22. The fourth-order valence-corrected chi connectivity index (χ4v) is 2.44. The minimum Gasteiger partial charge on any atom is -0.481 e. The second kappa shape index (κ2) is 5.00. The summed E-state index contributed by atoms with van der Waals surface area (Å²) in [4.78, 5) is 12.8. The van der Waals surface area contributed by atoms with Crippen molar-refractivity contribution in [3.63, 3.8) is 0 Å². The van der Waals surface area contributed by atoms with Crippen LogP contribution in [0, 0.1) is 5.41 Å². The standard InChI is InChI=1S/C14H16F3NO2/c1-13(12(19)20)6-8-18(9-7-13)11-5-3-2-4-10(11)14(15,16)17/h2-5H,6-9H2,1H3,(H,19,20). The largest absolute Gasteiger partial charge is 0.481 e. The summed E-state index contributed by atoms with van der Waals surface area (Å²) < 4.78 is 38.9. The Morgan fingerprint density at radius 1 is 1.25 bits per heavy atom. The smallest absolute Gasteiger partial charge is 0.418 e. The first-order valence-corrected chi connectivity index (χ1v) is 6.39. The maximum atomic E-state index is 13.0. The lowest BCUT2D eigenvalue weighted by atomic mass is 9.80. The second-order valence-corrected chi connectivity index (χ2v) is 5.37. The quantitative estimate of drug-likeness (QED) is 0.906. The molecule has 1 fully saturated rings. The predicted molar refractivity (Wildman–Crippen MR) is 68.6 cm³/mol. The SMILES string of the molecule is CC1(C(=O)O)CCN(c2ccccc2C(F)(F)F)CC1. The zero-order chi connectivity index (χ0) is 15.0.